The molecule has 1 N–H and O–H groups in total. The van der Waals surface area contributed by atoms with Crippen molar-refractivity contribution in [2.24, 2.45) is 0 Å². The van der Waals surface area contributed by atoms with Crippen molar-refractivity contribution in [1.29, 1.82) is 0 Å². The van der Waals surface area contributed by atoms with Crippen LogP contribution in [0.3, 0.4) is 0 Å². The number of rotatable bonds is 6. The lowest BCUT2D eigenvalue weighted by Gasteiger charge is -2.36. The van der Waals surface area contributed by atoms with E-state index in [1.54, 1.807) is 18.9 Å². The minimum atomic E-state index is -0.201. The van der Waals surface area contributed by atoms with Crippen LogP contribution in [-0.2, 0) is 0 Å². The van der Waals surface area contributed by atoms with Crippen molar-refractivity contribution >= 4 is 34.7 Å². The Bertz CT molecular complexity index is 1110. The van der Waals surface area contributed by atoms with Crippen molar-refractivity contribution < 1.29 is 9.26 Å². The molecule has 0 bridgehead atoms. The van der Waals surface area contributed by atoms with E-state index in [1.165, 1.54) is 4.90 Å². The highest BCUT2D eigenvalue weighted by Gasteiger charge is 2.33. The van der Waals surface area contributed by atoms with Crippen LogP contribution in [0.4, 0.5) is 0 Å². The number of thiocarbonyl (C=S) groups is 1. The molecule has 0 aliphatic carbocycles. The maximum atomic E-state index is 5.75. The smallest absolute Gasteiger partial charge is 0.258 e. The number of benzene rings is 2. The van der Waals surface area contributed by atoms with Crippen LogP contribution in [-0.4, -0.2) is 40.1 Å². The molecule has 31 heavy (non-hydrogen) atoms. The van der Waals surface area contributed by atoms with Gasteiger partial charge in [0.05, 0.1) is 18.7 Å². The molecule has 6 nitrogen and oxygen atoms in total. The molecule has 0 spiro atoms. The molecular weight excluding hydrogens is 428 g/mol. The molecular formula is C23H24N4O2S2. The summed E-state index contributed by atoms with van der Waals surface area (Å²) in [5.74, 6) is 1.84. The van der Waals surface area contributed by atoms with Crippen LogP contribution in [0.5, 0.6) is 5.75 Å². The molecule has 1 aliphatic rings. The van der Waals surface area contributed by atoms with Crippen molar-refractivity contribution in [2.45, 2.75) is 24.8 Å². The van der Waals surface area contributed by atoms with E-state index < -0.39 is 0 Å². The standard InChI is InChI=1S/C23H24N4O2S2/c1-5-27-14(2)19(20(24-23(27)30)15-6-10-17(28-3)11-7-15)22-25-21(26-29-22)16-8-12-18(31-4)13-9-16/h6-13,20H,5H2,1-4H3,(H,24,30). The second-order valence-corrected chi connectivity index (χ2v) is 8.32. The van der Waals surface area contributed by atoms with Gasteiger partial charge < -0.3 is 19.5 Å². The van der Waals surface area contributed by atoms with Crippen LogP contribution in [0.15, 0.2) is 63.6 Å². The highest BCUT2D eigenvalue weighted by Crippen LogP contribution is 2.37. The number of hydrogen-bond acceptors (Lipinski definition) is 6. The molecule has 2 heterocycles. The van der Waals surface area contributed by atoms with Gasteiger partial charge in [0.15, 0.2) is 5.11 Å². The van der Waals surface area contributed by atoms with Gasteiger partial charge in [0.25, 0.3) is 5.89 Å². The van der Waals surface area contributed by atoms with Crippen molar-refractivity contribution in [2.75, 3.05) is 19.9 Å². The molecule has 1 aliphatic heterocycles. The normalized spacial score (nSPS) is 16.5. The van der Waals surface area contributed by atoms with Crippen molar-refractivity contribution in [3.05, 3.63) is 65.7 Å². The fourth-order valence-electron chi connectivity index (χ4n) is 3.68. The predicted octanol–water partition coefficient (Wildman–Crippen LogP) is 5.15. The molecule has 0 saturated carbocycles. The van der Waals surface area contributed by atoms with E-state index in [0.29, 0.717) is 16.8 Å². The number of nitrogens with one attached hydrogen (secondary N) is 1. The summed E-state index contributed by atoms with van der Waals surface area (Å²) in [5, 5.41) is 8.37. The third kappa shape index (κ3) is 4.18. The monoisotopic (exact) mass is 452 g/mol. The minimum absolute atomic E-state index is 0.201. The molecule has 0 fully saturated rings. The fourth-order valence-corrected chi connectivity index (χ4v) is 4.47. The first-order valence-corrected chi connectivity index (χ1v) is 11.6. The number of methoxy groups -OCH3 is 1. The zero-order valence-corrected chi connectivity index (χ0v) is 19.5. The molecule has 1 unspecified atom stereocenters. The zero-order valence-electron chi connectivity index (χ0n) is 17.9. The SMILES string of the molecule is CCN1C(=S)NC(c2ccc(OC)cc2)C(c2nc(-c3ccc(SC)cc3)no2)=C1C. The summed E-state index contributed by atoms with van der Waals surface area (Å²) in [7, 11) is 1.66. The molecule has 2 aromatic carbocycles. The Morgan fingerprint density at radius 3 is 2.48 bits per heavy atom. The van der Waals surface area contributed by atoms with Gasteiger partial charge in [0.1, 0.15) is 5.75 Å². The first-order valence-electron chi connectivity index (χ1n) is 9.97. The molecule has 3 aromatic rings. The Balaban J connectivity index is 1.76. The van der Waals surface area contributed by atoms with E-state index in [-0.39, 0.29) is 6.04 Å². The Kier molecular flexibility index (Phi) is 6.29. The number of aromatic nitrogens is 2. The fraction of sp³-hybridized carbons (Fsp3) is 0.261. The van der Waals surface area contributed by atoms with E-state index >= 15 is 0 Å². The Hall–Kier alpha value is -2.84. The highest BCUT2D eigenvalue weighted by atomic mass is 32.2. The quantitative estimate of drug-likeness (QED) is 0.407. The third-order valence-corrected chi connectivity index (χ3v) is 6.45. The van der Waals surface area contributed by atoms with E-state index in [9.17, 15) is 0 Å². The van der Waals surface area contributed by atoms with Crippen molar-refractivity contribution in [3.63, 3.8) is 0 Å². The van der Waals surface area contributed by atoms with Crippen molar-refractivity contribution in [1.82, 2.24) is 20.4 Å². The lowest BCUT2D eigenvalue weighted by Crippen LogP contribution is -2.45. The molecule has 160 valence electrons. The zero-order chi connectivity index (χ0) is 22.0. The minimum Gasteiger partial charge on any atom is -0.497 e. The average molecular weight is 453 g/mol. The lowest BCUT2D eigenvalue weighted by molar-refractivity contribution is 0.398. The van der Waals surface area contributed by atoms with Gasteiger partial charge >= 0.3 is 0 Å². The number of nitrogens with zero attached hydrogens (tertiary/aromatic N) is 3. The van der Waals surface area contributed by atoms with Crippen LogP contribution < -0.4 is 10.1 Å². The number of allylic oxidation sites excluding steroid dienone is 1. The maximum Gasteiger partial charge on any atom is 0.258 e. The van der Waals surface area contributed by atoms with E-state index in [0.717, 1.165) is 34.7 Å². The predicted molar refractivity (Wildman–Crippen MR) is 128 cm³/mol. The van der Waals surface area contributed by atoms with Gasteiger partial charge in [-0.1, -0.05) is 17.3 Å². The summed E-state index contributed by atoms with van der Waals surface area (Å²) in [5.41, 5.74) is 3.87. The molecule has 1 aromatic heterocycles. The topological polar surface area (TPSA) is 63.4 Å². The molecule has 8 heteroatoms. The molecule has 0 saturated heterocycles. The summed E-state index contributed by atoms with van der Waals surface area (Å²) >= 11 is 7.32. The van der Waals surface area contributed by atoms with Gasteiger partial charge in [-0.3, -0.25) is 0 Å². The van der Waals surface area contributed by atoms with Gasteiger partial charge in [-0.15, -0.1) is 11.8 Å². The van der Waals surface area contributed by atoms with E-state index in [2.05, 4.69) is 35.8 Å². The first-order chi connectivity index (χ1) is 15.0. The molecule has 4 rings (SSSR count). The summed E-state index contributed by atoms with van der Waals surface area (Å²) < 4.78 is 11.1. The van der Waals surface area contributed by atoms with Gasteiger partial charge in [0, 0.05) is 22.7 Å². The van der Waals surface area contributed by atoms with Gasteiger partial charge in [0.2, 0.25) is 5.82 Å². The molecule has 0 amide bonds. The summed E-state index contributed by atoms with van der Waals surface area (Å²) in [6, 6.07) is 15.8. The highest BCUT2D eigenvalue weighted by molar-refractivity contribution is 7.98. The van der Waals surface area contributed by atoms with Crippen molar-refractivity contribution in [3.8, 4) is 17.1 Å². The number of ether oxygens (including phenoxy) is 1. The summed E-state index contributed by atoms with van der Waals surface area (Å²) in [6.45, 7) is 4.85. The third-order valence-electron chi connectivity index (χ3n) is 5.37. The lowest BCUT2D eigenvalue weighted by atomic mass is 9.94. The Labute approximate surface area is 191 Å². The first kappa shape index (κ1) is 21.4. The maximum absolute atomic E-state index is 5.75. The second kappa shape index (κ2) is 9.11. The van der Waals surface area contributed by atoms with Gasteiger partial charge in [-0.05, 0) is 74.3 Å². The Morgan fingerprint density at radius 1 is 1.16 bits per heavy atom. The average Bonchev–Trinajstić information content (AvgIpc) is 3.29. The van der Waals surface area contributed by atoms with E-state index in [1.807, 2.05) is 48.2 Å². The number of thioether (sulfide) groups is 1. The largest absolute Gasteiger partial charge is 0.497 e. The van der Waals surface area contributed by atoms with Crippen LogP contribution in [0.25, 0.3) is 17.0 Å². The molecule has 0 radical (unpaired) electrons. The van der Waals surface area contributed by atoms with Crippen LogP contribution >= 0.6 is 24.0 Å². The van der Waals surface area contributed by atoms with Crippen LogP contribution in [0.1, 0.15) is 31.3 Å². The van der Waals surface area contributed by atoms with E-state index in [4.69, 9.17) is 26.5 Å². The van der Waals surface area contributed by atoms with Crippen LogP contribution in [0.2, 0.25) is 0 Å². The van der Waals surface area contributed by atoms with Crippen LogP contribution in [0, 0.1) is 0 Å². The summed E-state index contributed by atoms with van der Waals surface area (Å²) in [4.78, 5) is 7.97. The van der Waals surface area contributed by atoms with Gasteiger partial charge in [-0.25, -0.2) is 0 Å². The molecule has 1 atom stereocenters. The summed E-state index contributed by atoms with van der Waals surface area (Å²) in [6.07, 6.45) is 2.05. The second-order valence-electron chi connectivity index (χ2n) is 7.05. The van der Waals surface area contributed by atoms with Gasteiger partial charge in [-0.2, -0.15) is 4.98 Å². The number of hydrogen-bond donors (Lipinski definition) is 1. The Morgan fingerprint density at radius 2 is 1.87 bits per heavy atom.